The van der Waals surface area contributed by atoms with Gasteiger partial charge in [-0.1, -0.05) is 23.8 Å². The summed E-state index contributed by atoms with van der Waals surface area (Å²) in [6.45, 7) is 2.87. The Morgan fingerprint density at radius 1 is 1.07 bits per heavy atom. The van der Waals surface area contributed by atoms with Crippen molar-refractivity contribution in [3.8, 4) is 0 Å². The Kier molecular flexibility index (Phi) is 5.44. The molecule has 27 heavy (non-hydrogen) atoms. The van der Waals surface area contributed by atoms with Crippen LogP contribution >= 0.6 is 0 Å². The highest BCUT2D eigenvalue weighted by Crippen LogP contribution is 2.28. The Bertz CT molecular complexity index is 828. The maximum absolute atomic E-state index is 13.5. The first-order valence-electron chi connectivity index (χ1n) is 9.05. The minimum Gasteiger partial charge on any atom is -0.371 e. The fraction of sp³-hybridized carbons (Fsp3) is 0.333. The van der Waals surface area contributed by atoms with Gasteiger partial charge in [0.15, 0.2) is 0 Å². The van der Waals surface area contributed by atoms with Crippen LogP contribution in [0.1, 0.15) is 28.8 Å². The summed E-state index contributed by atoms with van der Waals surface area (Å²) >= 11 is 0. The Balaban J connectivity index is 1.74. The van der Waals surface area contributed by atoms with Gasteiger partial charge >= 0.3 is 0 Å². The Hall–Kier alpha value is -2.89. The van der Waals surface area contributed by atoms with Crippen LogP contribution in [0.5, 0.6) is 0 Å². The summed E-state index contributed by atoms with van der Waals surface area (Å²) in [7, 11) is 1.58. The molecule has 0 aromatic heterocycles. The van der Waals surface area contributed by atoms with Crippen molar-refractivity contribution in [3.05, 3.63) is 65.5 Å². The molecule has 0 aliphatic carbocycles. The number of nitrogens with zero attached hydrogens (tertiary/aromatic N) is 1. The number of nitrogens with one attached hydrogen (secondary N) is 2. The van der Waals surface area contributed by atoms with E-state index in [1.165, 1.54) is 12.1 Å². The van der Waals surface area contributed by atoms with Crippen molar-refractivity contribution in [1.29, 1.82) is 0 Å². The quantitative estimate of drug-likeness (QED) is 0.871. The number of halogens is 1. The first-order valence-corrected chi connectivity index (χ1v) is 9.05. The van der Waals surface area contributed by atoms with Gasteiger partial charge in [-0.15, -0.1) is 0 Å². The zero-order chi connectivity index (χ0) is 19.4. The van der Waals surface area contributed by atoms with Crippen LogP contribution < -0.4 is 10.6 Å². The molecule has 1 saturated heterocycles. The van der Waals surface area contributed by atoms with Crippen molar-refractivity contribution in [2.24, 2.45) is 0 Å². The number of hydrogen-bond donors (Lipinski definition) is 2. The van der Waals surface area contributed by atoms with Crippen molar-refractivity contribution in [3.63, 3.8) is 0 Å². The van der Waals surface area contributed by atoms with Crippen LogP contribution in [0, 0.1) is 12.7 Å². The number of anilines is 1. The molecule has 3 rings (SSSR count). The molecule has 2 aromatic rings. The van der Waals surface area contributed by atoms with E-state index in [1.54, 1.807) is 24.1 Å². The van der Waals surface area contributed by atoms with Gasteiger partial charge in [-0.3, -0.25) is 9.59 Å². The molecule has 2 aromatic carbocycles. The van der Waals surface area contributed by atoms with E-state index in [9.17, 15) is 14.0 Å². The number of benzene rings is 2. The van der Waals surface area contributed by atoms with E-state index in [4.69, 9.17) is 0 Å². The van der Waals surface area contributed by atoms with E-state index < -0.39 is 5.54 Å². The van der Waals surface area contributed by atoms with Crippen molar-refractivity contribution in [2.75, 3.05) is 25.5 Å². The molecule has 1 aliphatic heterocycles. The standard InChI is InChI=1S/C21H24FN3O2/c1-15-6-8-16(9-7-15)19(26)25-12-10-21(11-13-25,20(27)23-2)24-18-5-3-4-17(22)14-18/h3-9,14,24H,10-13H2,1-2H3,(H,23,27). The molecular weight excluding hydrogens is 345 g/mol. The van der Waals surface area contributed by atoms with Crippen LogP contribution in [0.25, 0.3) is 0 Å². The number of amides is 2. The fourth-order valence-electron chi connectivity index (χ4n) is 3.46. The van der Waals surface area contributed by atoms with Gasteiger partial charge < -0.3 is 15.5 Å². The lowest BCUT2D eigenvalue weighted by Gasteiger charge is -2.41. The van der Waals surface area contributed by atoms with Gasteiger partial charge in [-0.25, -0.2) is 4.39 Å². The lowest BCUT2D eigenvalue weighted by atomic mass is 9.85. The molecular formula is C21H24FN3O2. The van der Waals surface area contributed by atoms with Gasteiger partial charge in [0.25, 0.3) is 5.91 Å². The lowest BCUT2D eigenvalue weighted by molar-refractivity contribution is -0.126. The number of carbonyl (C=O) groups excluding carboxylic acids is 2. The predicted molar refractivity (Wildman–Crippen MR) is 103 cm³/mol. The van der Waals surface area contributed by atoms with Gasteiger partial charge in [0.2, 0.25) is 5.91 Å². The second-order valence-electron chi connectivity index (χ2n) is 6.95. The van der Waals surface area contributed by atoms with E-state index in [0.29, 0.717) is 37.2 Å². The maximum atomic E-state index is 13.5. The first-order chi connectivity index (χ1) is 12.9. The van der Waals surface area contributed by atoms with Crippen molar-refractivity contribution >= 4 is 17.5 Å². The van der Waals surface area contributed by atoms with Crippen LogP contribution in [0.2, 0.25) is 0 Å². The van der Waals surface area contributed by atoms with Gasteiger partial charge in [-0.2, -0.15) is 0 Å². The highest BCUT2D eigenvalue weighted by molar-refractivity contribution is 5.95. The molecule has 2 N–H and O–H groups in total. The van der Waals surface area contributed by atoms with Crippen LogP contribution in [-0.2, 0) is 4.79 Å². The van der Waals surface area contributed by atoms with Crippen molar-refractivity contribution < 1.29 is 14.0 Å². The number of aryl methyl sites for hydroxylation is 1. The average Bonchev–Trinajstić information content (AvgIpc) is 2.68. The summed E-state index contributed by atoms with van der Waals surface area (Å²) in [6, 6.07) is 13.5. The normalized spacial score (nSPS) is 15.9. The van der Waals surface area contributed by atoms with E-state index in [1.807, 2.05) is 31.2 Å². The molecule has 0 radical (unpaired) electrons. The zero-order valence-corrected chi connectivity index (χ0v) is 15.6. The summed E-state index contributed by atoms with van der Waals surface area (Å²) in [5.41, 5.74) is 1.43. The number of hydrogen-bond acceptors (Lipinski definition) is 3. The van der Waals surface area contributed by atoms with E-state index in [2.05, 4.69) is 10.6 Å². The van der Waals surface area contributed by atoms with Crippen molar-refractivity contribution in [2.45, 2.75) is 25.3 Å². The second-order valence-corrected chi connectivity index (χ2v) is 6.95. The molecule has 0 atom stereocenters. The SMILES string of the molecule is CNC(=O)C1(Nc2cccc(F)c2)CCN(C(=O)c2ccc(C)cc2)CC1. The molecule has 0 bridgehead atoms. The molecule has 1 heterocycles. The molecule has 1 fully saturated rings. The second kappa shape index (κ2) is 7.78. The molecule has 0 unspecified atom stereocenters. The molecule has 1 aliphatic rings. The lowest BCUT2D eigenvalue weighted by Crippen LogP contribution is -2.58. The third-order valence-electron chi connectivity index (χ3n) is 5.07. The molecule has 142 valence electrons. The molecule has 2 amide bonds. The molecule has 0 saturated carbocycles. The average molecular weight is 369 g/mol. The molecule has 0 spiro atoms. The molecule has 6 heteroatoms. The third-order valence-corrected chi connectivity index (χ3v) is 5.07. The van der Waals surface area contributed by atoms with Gasteiger partial charge in [0.05, 0.1) is 0 Å². The number of rotatable bonds is 4. The monoisotopic (exact) mass is 369 g/mol. The minimum atomic E-state index is -0.868. The minimum absolute atomic E-state index is 0.0359. The van der Waals surface area contributed by atoms with Crippen LogP contribution in [0.4, 0.5) is 10.1 Å². The zero-order valence-electron chi connectivity index (χ0n) is 15.6. The van der Waals surface area contributed by atoms with E-state index in [0.717, 1.165) is 5.56 Å². The summed E-state index contributed by atoms with van der Waals surface area (Å²) < 4.78 is 13.5. The number of piperidine rings is 1. The highest BCUT2D eigenvalue weighted by Gasteiger charge is 2.42. The van der Waals surface area contributed by atoms with Crippen molar-refractivity contribution in [1.82, 2.24) is 10.2 Å². The summed E-state index contributed by atoms with van der Waals surface area (Å²) in [6.07, 6.45) is 0.890. The Labute approximate surface area is 158 Å². The number of likely N-dealkylation sites (N-methyl/N-ethyl adjacent to an activating group) is 1. The van der Waals surface area contributed by atoms with Crippen LogP contribution in [0.15, 0.2) is 48.5 Å². The summed E-state index contributed by atoms with van der Waals surface area (Å²) in [5.74, 6) is -0.556. The van der Waals surface area contributed by atoms with Gasteiger partial charge in [-0.05, 0) is 50.1 Å². The topological polar surface area (TPSA) is 61.4 Å². The molecule has 5 nitrogen and oxygen atoms in total. The number of carbonyl (C=O) groups is 2. The summed E-state index contributed by atoms with van der Waals surface area (Å²) in [5, 5.41) is 5.90. The third kappa shape index (κ3) is 4.10. The van der Waals surface area contributed by atoms with Gasteiger partial charge in [0, 0.05) is 31.4 Å². The Morgan fingerprint density at radius 3 is 2.33 bits per heavy atom. The fourth-order valence-corrected chi connectivity index (χ4v) is 3.46. The van der Waals surface area contributed by atoms with Crippen LogP contribution in [0.3, 0.4) is 0 Å². The predicted octanol–water partition coefficient (Wildman–Crippen LogP) is 2.97. The maximum Gasteiger partial charge on any atom is 0.253 e. The smallest absolute Gasteiger partial charge is 0.253 e. The summed E-state index contributed by atoms with van der Waals surface area (Å²) in [4.78, 5) is 27.1. The Morgan fingerprint density at radius 2 is 1.74 bits per heavy atom. The van der Waals surface area contributed by atoms with E-state index in [-0.39, 0.29) is 17.6 Å². The number of likely N-dealkylation sites (tertiary alicyclic amines) is 1. The van der Waals surface area contributed by atoms with Crippen LogP contribution in [-0.4, -0.2) is 42.4 Å². The largest absolute Gasteiger partial charge is 0.371 e. The van der Waals surface area contributed by atoms with E-state index >= 15 is 0 Å². The first kappa shape index (κ1) is 18.9. The highest BCUT2D eigenvalue weighted by atomic mass is 19.1. The van der Waals surface area contributed by atoms with Gasteiger partial charge in [0.1, 0.15) is 11.4 Å².